The summed E-state index contributed by atoms with van der Waals surface area (Å²) in [5, 5.41) is 0. The van der Waals surface area contributed by atoms with Crippen molar-refractivity contribution in [3.05, 3.63) is 11.6 Å². The molecule has 1 aliphatic carbocycles. The highest BCUT2D eigenvalue weighted by atomic mass is 16.6. The van der Waals surface area contributed by atoms with Crippen molar-refractivity contribution in [1.82, 2.24) is 0 Å². The van der Waals surface area contributed by atoms with E-state index in [1.165, 1.54) is 7.11 Å². The molecule has 0 unspecified atom stereocenters. The SMILES string of the molecule is CC[C@H](OC(=O)C1=CCCC1)C(=O)OC. The highest BCUT2D eigenvalue weighted by Crippen LogP contribution is 2.19. The van der Waals surface area contributed by atoms with Gasteiger partial charge < -0.3 is 9.47 Å². The highest BCUT2D eigenvalue weighted by Gasteiger charge is 2.24. The van der Waals surface area contributed by atoms with Gasteiger partial charge in [-0.15, -0.1) is 0 Å². The first-order chi connectivity index (χ1) is 7.19. The Balaban J connectivity index is 2.51. The summed E-state index contributed by atoms with van der Waals surface area (Å²) in [7, 11) is 1.29. The zero-order valence-corrected chi connectivity index (χ0v) is 9.12. The van der Waals surface area contributed by atoms with Crippen LogP contribution in [0.25, 0.3) is 0 Å². The van der Waals surface area contributed by atoms with Crippen LogP contribution in [0.5, 0.6) is 0 Å². The molecule has 0 radical (unpaired) electrons. The zero-order valence-electron chi connectivity index (χ0n) is 9.12. The first-order valence-electron chi connectivity index (χ1n) is 5.16. The molecule has 4 nitrogen and oxygen atoms in total. The molecule has 0 aliphatic heterocycles. The van der Waals surface area contributed by atoms with Gasteiger partial charge in [0.25, 0.3) is 0 Å². The number of esters is 2. The molecule has 1 atom stereocenters. The van der Waals surface area contributed by atoms with E-state index >= 15 is 0 Å². The Kier molecular flexibility index (Phi) is 4.34. The molecule has 0 aromatic heterocycles. The fraction of sp³-hybridized carbons (Fsp3) is 0.636. The predicted octanol–water partition coefficient (Wildman–Crippen LogP) is 1.59. The van der Waals surface area contributed by atoms with Crippen molar-refractivity contribution in [2.75, 3.05) is 7.11 Å². The van der Waals surface area contributed by atoms with E-state index in [9.17, 15) is 9.59 Å². The molecular formula is C11H16O4. The molecule has 0 heterocycles. The lowest BCUT2D eigenvalue weighted by molar-refractivity contribution is -0.163. The quantitative estimate of drug-likeness (QED) is 0.664. The number of hydrogen-bond donors (Lipinski definition) is 0. The molecule has 0 aromatic carbocycles. The van der Waals surface area contributed by atoms with E-state index in [4.69, 9.17) is 4.74 Å². The lowest BCUT2D eigenvalue weighted by Crippen LogP contribution is -2.28. The molecule has 0 aromatic rings. The van der Waals surface area contributed by atoms with Gasteiger partial charge in [-0.2, -0.15) is 0 Å². The van der Waals surface area contributed by atoms with Crippen molar-refractivity contribution in [2.24, 2.45) is 0 Å². The van der Waals surface area contributed by atoms with E-state index in [0.717, 1.165) is 19.3 Å². The molecule has 0 bridgehead atoms. The second-order valence-electron chi connectivity index (χ2n) is 3.45. The maximum absolute atomic E-state index is 11.5. The van der Waals surface area contributed by atoms with E-state index in [0.29, 0.717) is 12.0 Å². The highest BCUT2D eigenvalue weighted by molar-refractivity contribution is 5.91. The largest absolute Gasteiger partial charge is 0.466 e. The average molecular weight is 212 g/mol. The van der Waals surface area contributed by atoms with Gasteiger partial charge in [-0.05, 0) is 25.7 Å². The average Bonchev–Trinajstić information content (AvgIpc) is 2.77. The van der Waals surface area contributed by atoms with Gasteiger partial charge in [0.2, 0.25) is 0 Å². The molecule has 15 heavy (non-hydrogen) atoms. The van der Waals surface area contributed by atoms with Gasteiger partial charge in [-0.3, -0.25) is 0 Å². The van der Waals surface area contributed by atoms with Crippen molar-refractivity contribution < 1.29 is 19.1 Å². The van der Waals surface area contributed by atoms with Gasteiger partial charge in [0.15, 0.2) is 6.10 Å². The summed E-state index contributed by atoms with van der Waals surface area (Å²) in [4.78, 5) is 22.7. The molecule has 84 valence electrons. The number of carbonyl (C=O) groups is 2. The summed E-state index contributed by atoms with van der Waals surface area (Å²) in [6.45, 7) is 1.78. The summed E-state index contributed by atoms with van der Waals surface area (Å²) in [5.41, 5.74) is 0.678. The van der Waals surface area contributed by atoms with E-state index in [1.807, 2.05) is 6.08 Å². The van der Waals surface area contributed by atoms with E-state index < -0.39 is 12.1 Å². The standard InChI is InChI=1S/C11H16O4/c1-3-9(11(13)14-2)15-10(12)8-6-4-5-7-8/h6,9H,3-5,7H2,1-2H3/t9-/m0/s1. The van der Waals surface area contributed by atoms with Crippen LogP contribution in [-0.2, 0) is 19.1 Å². The first kappa shape index (κ1) is 11.8. The number of allylic oxidation sites excluding steroid dienone is 1. The molecular weight excluding hydrogens is 196 g/mol. The maximum Gasteiger partial charge on any atom is 0.347 e. The van der Waals surface area contributed by atoms with Crippen molar-refractivity contribution in [3.63, 3.8) is 0 Å². The topological polar surface area (TPSA) is 52.6 Å². The summed E-state index contributed by atoms with van der Waals surface area (Å²) in [6.07, 6.45) is 4.18. The number of methoxy groups -OCH3 is 1. The predicted molar refractivity (Wildman–Crippen MR) is 54.1 cm³/mol. The van der Waals surface area contributed by atoms with Crippen LogP contribution in [0.4, 0.5) is 0 Å². The Bertz CT molecular complexity index is 280. The first-order valence-corrected chi connectivity index (χ1v) is 5.16. The van der Waals surface area contributed by atoms with Gasteiger partial charge in [0.05, 0.1) is 7.11 Å². The van der Waals surface area contributed by atoms with Gasteiger partial charge in [-0.25, -0.2) is 9.59 Å². The summed E-state index contributed by atoms with van der Waals surface area (Å²) in [6, 6.07) is 0. The summed E-state index contributed by atoms with van der Waals surface area (Å²) < 4.78 is 9.59. The summed E-state index contributed by atoms with van der Waals surface area (Å²) in [5.74, 6) is -0.880. The lowest BCUT2D eigenvalue weighted by Gasteiger charge is -2.13. The molecule has 0 fully saturated rings. The van der Waals surface area contributed by atoms with Gasteiger partial charge in [-0.1, -0.05) is 13.0 Å². The van der Waals surface area contributed by atoms with Gasteiger partial charge >= 0.3 is 11.9 Å². The van der Waals surface area contributed by atoms with Crippen LogP contribution in [0.3, 0.4) is 0 Å². The minimum Gasteiger partial charge on any atom is -0.466 e. The Labute approximate surface area is 89.2 Å². The third-order valence-corrected chi connectivity index (χ3v) is 2.39. The molecule has 0 saturated carbocycles. The molecule has 0 amide bonds. The Hall–Kier alpha value is -1.32. The van der Waals surface area contributed by atoms with Crippen LogP contribution in [0, 0.1) is 0 Å². The number of carbonyl (C=O) groups excluding carboxylic acids is 2. The molecule has 0 saturated heterocycles. The summed E-state index contributed by atoms with van der Waals surface area (Å²) >= 11 is 0. The lowest BCUT2D eigenvalue weighted by atomic mass is 10.2. The minimum atomic E-state index is -0.774. The number of ether oxygens (including phenoxy) is 2. The van der Waals surface area contributed by atoms with E-state index in [2.05, 4.69) is 4.74 Å². The smallest absolute Gasteiger partial charge is 0.347 e. The molecule has 0 N–H and O–H groups in total. The molecule has 1 aliphatic rings. The van der Waals surface area contributed by atoms with Crippen molar-refractivity contribution >= 4 is 11.9 Å². The van der Waals surface area contributed by atoms with Crippen LogP contribution < -0.4 is 0 Å². The zero-order chi connectivity index (χ0) is 11.3. The van der Waals surface area contributed by atoms with E-state index in [1.54, 1.807) is 6.92 Å². The number of hydrogen-bond acceptors (Lipinski definition) is 4. The van der Waals surface area contributed by atoms with Crippen LogP contribution >= 0.6 is 0 Å². The Morgan fingerprint density at radius 2 is 2.27 bits per heavy atom. The normalized spacial score (nSPS) is 16.8. The second-order valence-corrected chi connectivity index (χ2v) is 3.45. The van der Waals surface area contributed by atoms with Gasteiger partial charge in [0.1, 0.15) is 0 Å². The fourth-order valence-electron chi connectivity index (χ4n) is 1.49. The fourth-order valence-corrected chi connectivity index (χ4v) is 1.49. The monoisotopic (exact) mass is 212 g/mol. The molecule has 1 rings (SSSR count). The van der Waals surface area contributed by atoms with Crippen LogP contribution in [0.1, 0.15) is 32.6 Å². The number of rotatable bonds is 4. The maximum atomic E-state index is 11.5. The second kappa shape index (κ2) is 5.53. The Morgan fingerprint density at radius 1 is 1.53 bits per heavy atom. The minimum absolute atomic E-state index is 0.384. The van der Waals surface area contributed by atoms with Crippen molar-refractivity contribution in [3.8, 4) is 0 Å². The molecule has 4 heteroatoms. The van der Waals surface area contributed by atoms with Crippen LogP contribution in [-0.4, -0.2) is 25.2 Å². The van der Waals surface area contributed by atoms with Crippen molar-refractivity contribution in [1.29, 1.82) is 0 Å². The van der Waals surface area contributed by atoms with Crippen LogP contribution in [0.2, 0.25) is 0 Å². The van der Waals surface area contributed by atoms with E-state index in [-0.39, 0.29) is 5.97 Å². The van der Waals surface area contributed by atoms with Gasteiger partial charge in [0, 0.05) is 5.57 Å². The van der Waals surface area contributed by atoms with Crippen LogP contribution in [0.15, 0.2) is 11.6 Å². The third kappa shape index (κ3) is 3.08. The van der Waals surface area contributed by atoms with Crippen molar-refractivity contribution in [2.45, 2.75) is 38.7 Å². The molecule has 0 spiro atoms. The third-order valence-electron chi connectivity index (χ3n) is 2.39. The Morgan fingerprint density at radius 3 is 2.73 bits per heavy atom.